The van der Waals surface area contributed by atoms with Gasteiger partial charge in [-0.2, -0.15) is 0 Å². The van der Waals surface area contributed by atoms with Gasteiger partial charge in [0.2, 0.25) is 0 Å². The van der Waals surface area contributed by atoms with Gasteiger partial charge in [-0.3, -0.25) is 0 Å². The average Bonchev–Trinajstić information content (AvgIpc) is 3.36. The van der Waals surface area contributed by atoms with Crippen LogP contribution in [-0.2, 0) is 5.41 Å². The maximum atomic E-state index is 5.20. The van der Waals surface area contributed by atoms with Crippen LogP contribution in [0.25, 0.3) is 57.4 Å². The van der Waals surface area contributed by atoms with Crippen molar-refractivity contribution in [2.75, 3.05) is 0 Å². The van der Waals surface area contributed by atoms with Crippen molar-refractivity contribution in [1.82, 2.24) is 15.0 Å². The number of nitrogens with zero attached hydrogens (tertiary/aromatic N) is 3. The fraction of sp³-hybridized carbons (Fsp3) is 0.0208. The molecule has 0 radical (unpaired) electrons. The number of benzene rings is 7. The second-order valence-electron chi connectivity index (χ2n) is 13.2. The van der Waals surface area contributed by atoms with Gasteiger partial charge in [0.1, 0.15) is 0 Å². The first-order chi connectivity index (χ1) is 25.8. The standard InChI is InChI=1S/C48H31N3S/c1-3-13-32(14-4-1)33-23-28-37(29-24-33)46-49-45(36-16-5-2-6-17-36)50-47(51-46)38-30-27-35-26-25-34-15-7-8-18-39(34)48(42(35)31-38)40-19-9-11-21-43(40)52-44-22-12-10-20-41(44)48/h1-31H. The van der Waals surface area contributed by atoms with Crippen LogP contribution < -0.4 is 0 Å². The number of hydrogen-bond donors (Lipinski definition) is 0. The Morgan fingerprint density at radius 2 is 0.750 bits per heavy atom. The maximum Gasteiger partial charge on any atom is 0.164 e. The summed E-state index contributed by atoms with van der Waals surface area (Å²) in [4.78, 5) is 17.9. The highest BCUT2D eigenvalue weighted by Gasteiger charge is 2.46. The van der Waals surface area contributed by atoms with Crippen LogP contribution >= 0.6 is 11.8 Å². The Hall–Kier alpha value is -6.36. The van der Waals surface area contributed by atoms with Crippen LogP contribution in [-0.4, -0.2) is 15.0 Å². The van der Waals surface area contributed by atoms with Gasteiger partial charge in [0, 0.05) is 26.5 Å². The highest BCUT2D eigenvalue weighted by Crippen LogP contribution is 2.58. The minimum absolute atomic E-state index is 0.560. The molecule has 0 saturated carbocycles. The van der Waals surface area contributed by atoms with E-state index in [-0.39, 0.29) is 0 Å². The summed E-state index contributed by atoms with van der Waals surface area (Å²) in [6, 6.07) is 62.5. The predicted molar refractivity (Wildman–Crippen MR) is 213 cm³/mol. The van der Waals surface area contributed by atoms with Crippen LogP contribution in [0.15, 0.2) is 186 Å². The van der Waals surface area contributed by atoms with E-state index in [4.69, 9.17) is 15.0 Å². The SMILES string of the molecule is C1=Cc2ccc(-c3nc(-c4ccccc4)nc(-c4ccc(-c5ccccc5)cc4)n3)cc2C2(c3ccccc31)c1ccccc1Sc1ccccc12. The molecule has 8 aromatic rings. The van der Waals surface area contributed by atoms with E-state index in [1.807, 2.05) is 36.0 Å². The van der Waals surface area contributed by atoms with E-state index < -0.39 is 5.41 Å². The molecule has 4 heteroatoms. The lowest BCUT2D eigenvalue weighted by atomic mass is 9.63. The van der Waals surface area contributed by atoms with Crippen molar-refractivity contribution in [2.45, 2.75) is 15.2 Å². The summed E-state index contributed by atoms with van der Waals surface area (Å²) in [6.45, 7) is 0. The predicted octanol–water partition coefficient (Wildman–Crippen LogP) is 11.9. The third-order valence-corrected chi connectivity index (χ3v) is 11.4. The Labute approximate surface area is 307 Å². The van der Waals surface area contributed by atoms with E-state index in [1.54, 1.807) is 0 Å². The molecule has 0 fully saturated rings. The zero-order valence-electron chi connectivity index (χ0n) is 28.1. The normalized spacial score (nSPS) is 13.4. The summed E-state index contributed by atoms with van der Waals surface area (Å²) >= 11 is 1.85. The molecule has 244 valence electrons. The van der Waals surface area contributed by atoms with E-state index in [0.717, 1.165) is 22.3 Å². The smallest absolute Gasteiger partial charge is 0.164 e. The van der Waals surface area contributed by atoms with Gasteiger partial charge in [-0.1, -0.05) is 182 Å². The fourth-order valence-corrected chi connectivity index (χ4v) is 9.03. The Kier molecular flexibility index (Phi) is 7.29. The second kappa shape index (κ2) is 12.4. The van der Waals surface area contributed by atoms with E-state index in [1.165, 1.54) is 48.7 Å². The van der Waals surface area contributed by atoms with Crippen LogP contribution in [0.5, 0.6) is 0 Å². The molecular weight excluding hydrogens is 651 g/mol. The molecule has 1 aliphatic heterocycles. The van der Waals surface area contributed by atoms with Crippen LogP contribution in [0.4, 0.5) is 0 Å². The highest BCUT2D eigenvalue weighted by atomic mass is 32.2. The second-order valence-corrected chi connectivity index (χ2v) is 14.3. The molecule has 1 spiro atoms. The summed E-state index contributed by atoms with van der Waals surface area (Å²) in [6.07, 6.45) is 4.53. The lowest BCUT2D eigenvalue weighted by molar-refractivity contribution is 0.701. The van der Waals surface area contributed by atoms with E-state index in [9.17, 15) is 0 Å². The topological polar surface area (TPSA) is 38.7 Å². The molecule has 1 aromatic heterocycles. The van der Waals surface area contributed by atoms with Gasteiger partial charge in [-0.05, 0) is 62.7 Å². The van der Waals surface area contributed by atoms with Gasteiger partial charge in [-0.25, -0.2) is 15.0 Å². The largest absolute Gasteiger partial charge is 0.208 e. The highest BCUT2D eigenvalue weighted by molar-refractivity contribution is 7.99. The van der Waals surface area contributed by atoms with Crippen molar-refractivity contribution in [3.63, 3.8) is 0 Å². The Morgan fingerprint density at radius 3 is 1.38 bits per heavy atom. The lowest BCUT2D eigenvalue weighted by Crippen LogP contribution is -2.35. The third kappa shape index (κ3) is 4.95. The van der Waals surface area contributed by atoms with Crippen molar-refractivity contribution in [2.24, 2.45) is 0 Å². The minimum atomic E-state index is -0.560. The average molecular weight is 682 g/mol. The monoisotopic (exact) mass is 681 g/mol. The molecule has 2 heterocycles. The zero-order chi connectivity index (χ0) is 34.5. The summed E-state index contributed by atoms with van der Waals surface area (Å²) < 4.78 is 0. The number of fused-ring (bicyclic) bond motifs is 8. The molecule has 0 N–H and O–H groups in total. The van der Waals surface area contributed by atoms with Gasteiger partial charge in [0.15, 0.2) is 17.5 Å². The Balaban J connectivity index is 1.21. The van der Waals surface area contributed by atoms with Gasteiger partial charge < -0.3 is 0 Å². The lowest BCUT2D eigenvalue weighted by Gasteiger charge is -2.42. The first-order valence-electron chi connectivity index (χ1n) is 17.5. The van der Waals surface area contributed by atoms with Crippen molar-refractivity contribution >= 4 is 23.9 Å². The van der Waals surface area contributed by atoms with Crippen LogP contribution in [0.3, 0.4) is 0 Å². The molecule has 0 bridgehead atoms. The van der Waals surface area contributed by atoms with Gasteiger partial charge >= 0.3 is 0 Å². The minimum Gasteiger partial charge on any atom is -0.208 e. The number of hydrogen-bond acceptors (Lipinski definition) is 4. The number of rotatable bonds is 4. The van der Waals surface area contributed by atoms with Gasteiger partial charge in [-0.15, -0.1) is 0 Å². The van der Waals surface area contributed by atoms with E-state index >= 15 is 0 Å². The van der Waals surface area contributed by atoms with Crippen molar-refractivity contribution in [1.29, 1.82) is 0 Å². The Morgan fingerprint density at radius 1 is 0.327 bits per heavy atom. The molecule has 2 aliphatic rings. The van der Waals surface area contributed by atoms with Gasteiger partial charge in [0.05, 0.1) is 5.41 Å². The molecule has 1 aliphatic carbocycles. The zero-order valence-corrected chi connectivity index (χ0v) is 29.0. The van der Waals surface area contributed by atoms with Crippen LogP contribution in [0.2, 0.25) is 0 Å². The molecule has 0 unspecified atom stereocenters. The quantitative estimate of drug-likeness (QED) is 0.185. The van der Waals surface area contributed by atoms with Crippen LogP contribution in [0, 0.1) is 0 Å². The molecule has 10 rings (SSSR count). The molecule has 0 atom stereocenters. The molecule has 52 heavy (non-hydrogen) atoms. The summed E-state index contributed by atoms with van der Waals surface area (Å²) in [7, 11) is 0. The van der Waals surface area contributed by atoms with Crippen LogP contribution in [0.1, 0.15) is 33.4 Å². The maximum absolute atomic E-state index is 5.20. The summed E-state index contributed by atoms with van der Waals surface area (Å²) in [5.74, 6) is 1.93. The molecular formula is C48H31N3S. The molecule has 3 nitrogen and oxygen atoms in total. The molecule has 0 amide bonds. The third-order valence-electron chi connectivity index (χ3n) is 10.2. The van der Waals surface area contributed by atoms with E-state index in [2.05, 4.69) is 164 Å². The molecule has 0 saturated heterocycles. The molecule has 7 aromatic carbocycles. The fourth-order valence-electron chi connectivity index (χ4n) is 7.84. The van der Waals surface area contributed by atoms with Crippen molar-refractivity contribution in [3.8, 4) is 45.3 Å². The number of aromatic nitrogens is 3. The van der Waals surface area contributed by atoms with Crippen molar-refractivity contribution < 1.29 is 0 Å². The Bertz CT molecular complexity index is 2600. The van der Waals surface area contributed by atoms with Crippen molar-refractivity contribution in [3.05, 3.63) is 209 Å². The summed E-state index contributed by atoms with van der Waals surface area (Å²) in [5.41, 5.74) is 12.0. The van der Waals surface area contributed by atoms with E-state index in [0.29, 0.717) is 17.5 Å². The first-order valence-corrected chi connectivity index (χ1v) is 18.3. The van der Waals surface area contributed by atoms with Gasteiger partial charge in [0.25, 0.3) is 0 Å². The summed E-state index contributed by atoms with van der Waals surface area (Å²) in [5, 5.41) is 0. The first kappa shape index (κ1) is 30.5.